The fourth-order valence-electron chi connectivity index (χ4n) is 4.77. The monoisotopic (exact) mass is 655 g/mol. The normalized spacial score (nSPS) is 14.0. The molecule has 10 heteroatoms. The molecule has 0 heterocycles. The maximum atomic E-state index is 14.6. The van der Waals surface area contributed by atoms with Gasteiger partial charge in [-0.05, 0) is 97.9 Å². The van der Waals surface area contributed by atoms with Gasteiger partial charge in [0.1, 0.15) is 29.3 Å². The molecular formula is C36H53N3O6S. The predicted molar refractivity (Wildman–Crippen MR) is 185 cm³/mol. The third-order valence-electron chi connectivity index (χ3n) is 7.57. The zero-order valence-corrected chi connectivity index (χ0v) is 30.2. The quantitative estimate of drug-likeness (QED) is 0.184. The number of nitrogens with one attached hydrogen (secondary N) is 2. The maximum absolute atomic E-state index is 14.6. The van der Waals surface area contributed by atoms with E-state index in [-0.39, 0.29) is 12.2 Å². The van der Waals surface area contributed by atoms with Crippen LogP contribution in [0.15, 0.2) is 48.5 Å². The lowest BCUT2D eigenvalue weighted by Crippen LogP contribution is -2.60. The molecule has 0 saturated carbocycles. The summed E-state index contributed by atoms with van der Waals surface area (Å²) in [5.74, 6) is -1.69. The number of rotatable bonds is 12. The minimum absolute atomic E-state index is 0.0375. The minimum Gasteiger partial charge on any atom is -0.458 e. The average Bonchev–Trinajstić information content (AvgIpc) is 2.94. The first-order valence-electron chi connectivity index (χ1n) is 15.8. The predicted octanol–water partition coefficient (Wildman–Crippen LogP) is 6.25. The topological polar surface area (TPSA) is 114 Å². The zero-order chi connectivity index (χ0) is 35.0. The van der Waals surface area contributed by atoms with Gasteiger partial charge in [-0.1, -0.05) is 55.5 Å². The summed E-state index contributed by atoms with van der Waals surface area (Å²) in [5, 5.41) is 5.59. The number of amides is 3. The summed E-state index contributed by atoms with van der Waals surface area (Å²) in [7, 11) is 0. The summed E-state index contributed by atoms with van der Waals surface area (Å²) >= 11 is 4.40. The lowest BCUT2D eigenvalue weighted by atomic mass is 9.90. The number of thiol groups is 1. The zero-order valence-electron chi connectivity index (χ0n) is 29.3. The van der Waals surface area contributed by atoms with E-state index >= 15 is 0 Å². The number of alkyl carbamates (subject to hydrolysis) is 1. The molecule has 2 aromatic rings. The van der Waals surface area contributed by atoms with E-state index in [9.17, 15) is 19.2 Å². The van der Waals surface area contributed by atoms with E-state index in [1.807, 2.05) is 83.1 Å². The summed E-state index contributed by atoms with van der Waals surface area (Å²) in [6.07, 6.45) is -0.0983. The van der Waals surface area contributed by atoms with Gasteiger partial charge >= 0.3 is 12.1 Å². The van der Waals surface area contributed by atoms with Crippen LogP contribution in [0.5, 0.6) is 0 Å². The molecule has 2 aromatic carbocycles. The SMILES string of the molecule is CCC(C)(C)N(C(=O)C(CS)NC(=O)OC(C)(C)C)C(C(=O)NC(Cc1ccccc1)C(=O)OC(C)(C)C)c1ccc(C)c(C)c1. The van der Waals surface area contributed by atoms with Gasteiger partial charge in [0.25, 0.3) is 0 Å². The lowest BCUT2D eigenvalue weighted by molar-refractivity contribution is -0.159. The molecule has 0 aliphatic heterocycles. The molecule has 46 heavy (non-hydrogen) atoms. The van der Waals surface area contributed by atoms with Crippen molar-refractivity contribution >= 4 is 36.5 Å². The van der Waals surface area contributed by atoms with Gasteiger partial charge in [-0.15, -0.1) is 0 Å². The summed E-state index contributed by atoms with van der Waals surface area (Å²) < 4.78 is 11.1. The highest BCUT2D eigenvalue weighted by Gasteiger charge is 2.44. The number of aryl methyl sites for hydroxylation is 2. The van der Waals surface area contributed by atoms with E-state index < -0.39 is 58.7 Å². The molecule has 2 rings (SSSR count). The first-order valence-corrected chi connectivity index (χ1v) is 16.4. The number of carbonyl (C=O) groups is 4. The minimum atomic E-state index is -1.16. The molecule has 9 nitrogen and oxygen atoms in total. The van der Waals surface area contributed by atoms with Crippen LogP contribution in [0.1, 0.15) is 97.0 Å². The molecule has 3 amide bonds. The Bertz CT molecular complexity index is 1360. The third-order valence-corrected chi connectivity index (χ3v) is 7.94. The number of nitrogens with zero attached hydrogens (tertiary/aromatic N) is 1. The molecule has 0 aliphatic carbocycles. The van der Waals surface area contributed by atoms with Crippen molar-refractivity contribution in [2.45, 2.75) is 124 Å². The molecular weight excluding hydrogens is 602 g/mol. The Balaban J connectivity index is 2.69. The van der Waals surface area contributed by atoms with Crippen molar-refractivity contribution in [3.63, 3.8) is 0 Å². The number of ether oxygens (including phenoxy) is 2. The van der Waals surface area contributed by atoms with Gasteiger partial charge in [0.05, 0.1) is 0 Å². The number of hydrogen-bond acceptors (Lipinski definition) is 7. The molecule has 0 bridgehead atoms. The van der Waals surface area contributed by atoms with Crippen molar-refractivity contribution in [1.82, 2.24) is 15.5 Å². The number of esters is 1. The molecule has 0 aromatic heterocycles. The molecule has 254 valence electrons. The smallest absolute Gasteiger partial charge is 0.408 e. The van der Waals surface area contributed by atoms with Crippen molar-refractivity contribution in [3.05, 3.63) is 70.8 Å². The van der Waals surface area contributed by atoms with Gasteiger partial charge < -0.3 is 25.0 Å². The summed E-state index contributed by atoms with van der Waals surface area (Å²) in [4.78, 5) is 56.9. The molecule has 3 atom stereocenters. The van der Waals surface area contributed by atoms with E-state index in [0.717, 1.165) is 16.7 Å². The van der Waals surface area contributed by atoms with Gasteiger partial charge in [0, 0.05) is 17.7 Å². The van der Waals surface area contributed by atoms with Crippen molar-refractivity contribution < 1.29 is 28.7 Å². The highest BCUT2D eigenvalue weighted by molar-refractivity contribution is 7.80. The second kappa shape index (κ2) is 15.8. The summed E-state index contributed by atoms with van der Waals surface area (Å²) in [6.45, 7) is 20.0. The van der Waals surface area contributed by atoms with Crippen LogP contribution in [0.4, 0.5) is 4.79 Å². The second-order valence-corrected chi connectivity index (χ2v) is 14.7. The fourth-order valence-corrected chi connectivity index (χ4v) is 5.02. The Morgan fingerprint density at radius 3 is 1.89 bits per heavy atom. The Morgan fingerprint density at radius 1 is 0.804 bits per heavy atom. The fraction of sp³-hybridized carbons (Fsp3) is 0.556. The Morgan fingerprint density at radius 2 is 1.39 bits per heavy atom. The summed E-state index contributed by atoms with van der Waals surface area (Å²) in [5.41, 5.74) is 0.911. The van der Waals surface area contributed by atoms with Gasteiger partial charge in [0.2, 0.25) is 11.8 Å². The molecule has 0 aliphatic rings. The maximum Gasteiger partial charge on any atom is 0.408 e. The third kappa shape index (κ3) is 11.4. The Labute approximate surface area is 280 Å². The summed E-state index contributed by atoms with van der Waals surface area (Å²) in [6, 6.07) is 11.6. The van der Waals surface area contributed by atoms with Crippen molar-refractivity contribution in [3.8, 4) is 0 Å². The first kappa shape index (κ1) is 38.7. The van der Waals surface area contributed by atoms with Crippen LogP contribution in [-0.2, 0) is 30.3 Å². The average molecular weight is 656 g/mol. The molecule has 0 radical (unpaired) electrons. The van der Waals surface area contributed by atoms with E-state index in [2.05, 4.69) is 23.3 Å². The van der Waals surface area contributed by atoms with Crippen LogP contribution in [0.2, 0.25) is 0 Å². The van der Waals surface area contributed by atoms with Crippen LogP contribution >= 0.6 is 12.6 Å². The molecule has 2 N–H and O–H groups in total. The highest BCUT2D eigenvalue weighted by atomic mass is 32.1. The molecule has 0 saturated heterocycles. The Hall–Kier alpha value is -3.53. The van der Waals surface area contributed by atoms with Gasteiger partial charge in [-0.3, -0.25) is 9.59 Å². The van der Waals surface area contributed by atoms with E-state index in [1.54, 1.807) is 41.5 Å². The standard InChI is InChI=1S/C36H53N3O6S/c1-12-36(10,11)39(31(41)28(22-46)38-33(43)45-35(7,8)9)29(26-19-18-23(2)24(3)20-26)30(40)37-27(32(42)44-34(4,5)6)21-25-16-14-13-15-17-25/h13-20,27-29,46H,12,21-22H2,1-11H3,(H,37,40)(H,38,43). The van der Waals surface area contributed by atoms with Crippen LogP contribution in [-0.4, -0.2) is 63.4 Å². The molecule has 3 unspecified atom stereocenters. The van der Waals surface area contributed by atoms with E-state index in [0.29, 0.717) is 12.0 Å². The van der Waals surface area contributed by atoms with Crippen molar-refractivity contribution in [2.75, 3.05) is 5.75 Å². The van der Waals surface area contributed by atoms with Crippen molar-refractivity contribution in [1.29, 1.82) is 0 Å². The first-order chi connectivity index (χ1) is 21.2. The van der Waals surface area contributed by atoms with Crippen molar-refractivity contribution in [2.24, 2.45) is 0 Å². The second-order valence-electron chi connectivity index (χ2n) is 14.3. The van der Waals surface area contributed by atoms with Crippen LogP contribution in [0.25, 0.3) is 0 Å². The number of carbonyl (C=O) groups excluding carboxylic acids is 4. The van der Waals surface area contributed by atoms with Crippen LogP contribution in [0, 0.1) is 13.8 Å². The largest absolute Gasteiger partial charge is 0.458 e. The highest BCUT2D eigenvalue weighted by Crippen LogP contribution is 2.33. The molecule has 0 fully saturated rings. The van der Waals surface area contributed by atoms with Gasteiger partial charge in [-0.2, -0.15) is 12.6 Å². The van der Waals surface area contributed by atoms with Crippen LogP contribution in [0.3, 0.4) is 0 Å². The number of hydrogen-bond donors (Lipinski definition) is 3. The van der Waals surface area contributed by atoms with E-state index in [4.69, 9.17) is 9.47 Å². The lowest BCUT2D eigenvalue weighted by Gasteiger charge is -2.44. The van der Waals surface area contributed by atoms with Gasteiger partial charge in [0.15, 0.2) is 0 Å². The van der Waals surface area contributed by atoms with Gasteiger partial charge in [-0.25, -0.2) is 9.59 Å². The van der Waals surface area contributed by atoms with E-state index in [1.165, 1.54) is 4.90 Å². The van der Waals surface area contributed by atoms with Crippen LogP contribution < -0.4 is 10.6 Å². The molecule has 0 spiro atoms. The Kier molecular flexibility index (Phi) is 13.3. The number of benzene rings is 2.